The molecule has 0 aliphatic carbocycles. The van der Waals surface area contributed by atoms with Crippen molar-refractivity contribution in [3.63, 3.8) is 0 Å². The molecule has 6 aromatic carbocycles. The molecule has 8 aromatic rings. The van der Waals surface area contributed by atoms with Gasteiger partial charge in [-0.15, -0.1) is 9.13 Å². The van der Waals surface area contributed by atoms with E-state index in [0.717, 1.165) is 78.5 Å². The summed E-state index contributed by atoms with van der Waals surface area (Å²) in [5.74, 6) is 0.493. The summed E-state index contributed by atoms with van der Waals surface area (Å²) in [7, 11) is 0. The summed E-state index contributed by atoms with van der Waals surface area (Å²) in [6.07, 6.45) is 1.98. The molecule has 4 nitrogen and oxygen atoms in total. The van der Waals surface area contributed by atoms with Crippen LogP contribution in [0.4, 0.5) is 0 Å². The van der Waals surface area contributed by atoms with Gasteiger partial charge in [0.2, 0.25) is 5.69 Å². The van der Waals surface area contributed by atoms with Gasteiger partial charge in [0.25, 0.3) is 0 Å². The molecule has 0 N–H and O–H groups in total. The lowest BCUT2D eigenvalue weighted by Crippen LogP contribution is -2.78. The van der Waals surface area contributed by atoms with Crippen molar-refractivity contribution in [1.29, 1.82) is 0 Å². The van der Waals surface area contributed by atoms with Gasteiger partial charge in [-0.1, -0.05) is 141 Å². The third-order valence-corrected chi connectivity index (χ3v) is 12.7. The average molecular weight is 775 g/mol. The third kappa shape index (κ3) is 5.02. The Bertz CT molecular complexity index is 3330. The molecule has 5 heterocycles. The van der Waals surface area contributed by atoms with Gasteiger partial charge < -0.3 is 4.74 Å². The first-order chi connectivity index (χ1) is 30.2. The minimum absolute atomic E-state index is 0.00998. The molecule has 1 unspecified atom stereocenters. The van der Waals surface area contributed by atoms with Crippen LogP contribution in [-0.4, -0.2) is 4.57 Å². The van der Waals surface area contributed by atoms with Crippen LogP contribution < -0.4 is 13.9 Å². The van der Waals surface area contributed by atoms with Crippen LogP contribution in [0.15, 0.2) is 146 Å². The second-order valence-corrected chi connectivity index (χ2v) is 19.6. The number of para-hydroxylation sites is 2. The van der Waals surface area contributed by atoms with Crippen molar-refractivity contribution in [1.82, 2.24) is 4.57 Å². The molecule has 0 saturated heterocycles. The van der Waals surface area contributed by atoms with E-state index in [9.17, 15) is 0 Å². The van der Waals surface area contributed by atoms with Crippen molar-refractivity contribution >= 4 is 11.0 Å². The van der Waals surface area contributed by atoms with Crippen molar-refractivity contribution in [2.24, 2.45) is 0 Å². The maximum atomic E-state index is 8.95. The molecule has 1 atom stereocenters. The van der Waals surface area contributed by atoms with Crippen molar-refractivity contribution in [3.8, 4) is 67.5 Å². The molecular formula is C55H51N3O+2. The molecular weight excluding hydrogens is 719 g/mol. The number of hydrogen-bond acceptors (Lipinski definition) is 1. The fourth-order valence-electron chi connectivity index (χ4n) is 9.58. The second kappa shape index (κ2) is 11.9. The number of rotatable bonds is 3. The van der Waals surface area contributed by atoms with E-state index in [0.29, 0.717) is 5.56 Å². The molecule has 0 radical (unpaired) electrons. The van der Waals surface area contributed by atoms with Crippen LogP contribution >= 0.6 is 0 Å². The molecule has 3 aliphatic heterocycles. The SMILES string of the molecule is [2H]c1c([2H])c([2H])c(-c2cc[n+]3c(c2)-c2cc(C(C)(C)C)cc4c2C32Oc3ccccc3-c3n(-c5ccc(C(C)(C)C)cc5-c5ccc(C(C)(C)C)cc5)c5cccc-4c5[n+]32)c([2H])c1[2H]. The zero-order valence-electron chi connectivity index (χ0n) is 40.2. The lowest BCUT2D eigenvalue weighted by molar-refractivity contribution is -0.997. The van der Waals surface area contributed by atoms with E-state index in [-0.39, 0.29) is 46.0 Å². The van der Waals surface area contributed by atoms with Gasteiger partial charge in [0.15, 0.2) is 17.2 Å². The number of fused-ring (bicyclic) bond motifs is 5. The van der Waals surface area contributed by atoms with Gasteiger partial charge in [-0.2, -0.15) is 4.57 Å². The number of ether oxygens (including phenoxy) is 1. The Morgan fingerprint density at radius 2 is 1.22 bits per heavy atom. The van der Waals surface area contributed by atoms with E-state index in [4.69, 9.17) is 11.6 Å². The predicted molar refractivity (Wildman–Crippen MR) is 240 cm³/mol. The van der Waals surface area contributed by atoms with Gasteiger partial charge in [0, 0.05) is 28.8 Å². The molecule has 0 fully saturated rings. The first-order valence-corrected chi connectivity index (χ1v) is 20.7. The Labute approximate surface area is 355 Å². The van der Waals surface area contributed by atoms with Crippen molar-refractivity contribution in [2.75, 3.05) is 0 Å². The topological polar surface area (TPSA) is 21.9 Å². The van der Waals surface area contributed by atoms with Gasteiger partial charge >= 0.3 is 11.7 Å². The van der Waals surface area contributed by atoms with Crippen LogP contribution in [0.3, 0.4) is 0 Å². The van der Waals surface area contributed by atoms with Crippen LogP contribution in [0.25, 0.3) is 72.7 Å². The van der Waals surface area contributed by atoms with Crippen molar-refractivity contribution in [3.05, 3.63) is 168 Å². The zero-order chi connectivity index (χ0) is 45.2. The highest BCUT2D eigenvalue weighted by molar-refractivity contribution is 5.98. The van der Waals surface area contributed by atoms with E-state index in [1.807, 2.05) is 24.4 Å². The molecule has 2 aromatic heterocycles. The summed E-state index contributed by atoms with van der Waals surface area (Å²) in [6, 6.07) is 37.8. The first kappa shape index (κ1) is 30.8. The maximum Gasteiger partial charge on any atom is 0.499 e. The fourth-order valence-corrected chi connectivity index (χ4v) is 9.58. The monoisotopic (exact) mass is 774 g/mol. The minimum atomic E-state index is -1.23. The average Bonchev–Trinajstić information content (AvgIpc) is 3.75. The highest BCUT2D eigenvalue weighted by atomic mass is 16.5. The Kier molecular flexibility index (Phi) is 6.21. The van der Waals surface area contributed by atoms with Crippen LogP contribution in [0.5, 0.6) is 5.75 Å². The summed E-state index contributed by atoms with van der Waals surface area (Å²) in [5.41, 5.74) is 15.4. The molecule has 0 bridgehead atoms. The van der Waals surface area contributed by atoms with E-state index >= 15 is 0 Å². The molecule has 0 amide bonds. The first-order valence-electron chi connectivity index (χ1n) is 23.2. The number of benzene rings is 6. The van der Waals surface area contributed by atoms with Gasteiger partial charge in [-0.25, -0.2) is 0 Å². The summed E-state index contributed by atoms with van der Waals surface area (Å²) in [6.45, 7) is 20.2. The van der Waals surface area contributed by atoms with E-state index in [2.05, 4.69) is 167 Å². The molecule has 290 valence electrons. The standard InChI is InChI=1S/C55H51N3O/c1-52(2,3)37-24-22-35(23-25-37)42-31-38(53(4,5)6)26-27-45(42)57-46-20-15-19-40-43-32-39(54(7,8)9)33-44-47-30-36(34-16-11-10-12-17-34)28-29-56(47)55(49(43)44)58(50(40)46)51(57)41-18-13-14-21-48(41)59-55/h10-33H,1-9H3/q+2/i10D,11D,12D,16D,17D. The summed E-state index contributed by atoms with van der Waals surface area (Å²) in [5, 5.41) is 0. The Morgan fingerprint density at radius 1 is 0.559 bits per heavy atom. The Hall–Kier alpha value is -6.26. The normalized spacial score (nSPS) is 17.3. The van der Waals surface area contributed by atoms with Gasteiger partial charge in [-0.05, 0) is 98.2 Å². The molecule has 4 heteroatoms. The smallest absolute Gasteiger partial charge is 0.392 e. The molecule has 0 saturated carbocycles. The zero-order valence-corrected chi connectivity index (χ0v) is 35.2. The molecule has 59 heavy (non-hydrogen) atoms. The lowest BCUT2D eigenvalue weighted by Gasteiger charge is -2.33. The quantitative estimate of drug-likeness (QED) is 0.164. The van der Waals surface area contributed by atoms with Gasteiger partial charge in [0.05, 0.1) is 12.4 Å². The van der Waals surface area contributed by atoms with E-state index < -0.39 is 11.9 Å². The van der Waals surface area contributed by atoms with Crippen molar-refractivity contribution < 1.29 is 20.7 Å². The molecule has 3 aliphatic rings. The number of hydrogen-bond donors (Lipinski definition) is 0. The maximum absolute atomic E-state index is 8.95. The number of imidazole rings is 1. The summed E-state index contributed by atoms with van der Waals surface area (Å²) in [4.78, 5) is 0. The summed E-state index contributed by atoms with van der Waals surface area (Å²) < 4.78 is 57.9. The molecule has 1 spiro atoms. The highest BCUT2D eigenvalue weighted by Gasteiger charge is 2.68. The highest BCUT2D eigenvalue weighted by Crippen LogP contribution is 2.54. The molecule has 11 rings (SSSR count). The Morgan fingerprint density at radius 3 is 1.95 bits per heavy atom. The van der Waals surface area contributed by atoms with Crippen LogP contribution in [0.2, 0.25) is 0 Å². The summed E-state index contributed by atoms with van der Waals surface area (Å²) >= 11 is 0. The Balaban J connectivity index is 1.28. The van der Waals surface area contributed by atoms with Crippen LogP contribution in [0.1, 0.15) is 91.4 Å². The van der Waals surface area contributed by atoms with Crippen LogP contribution in [-0.2, 0) is 22.1 Å². The van der Waals surface area contributed by atoms with Gasteiger partial charge in [0.1, 0.15) is 22.6 Å². The van der Waals surface area contributed by atoms with Crippen molar-refractivity contribution in [2.45, 2.75) is 84.4 Å². The van der Waals surface area contributed by atoms with E-state index in [1.54, 1.807) is 0 Å². The fraction of sp³-hybridized carbons (Fsp3) is 0.236. The minimum Gasteiger partial charge on any atom is -0.392 e. The van der Waals surface area contributed by atoms with E-state index in [1.165, 1.54) is 11.1 Å². The third-order valence-electron chi connectivity index (χ3n) is 12.7. The lowest BCUT2D eigenvalue weighted by atomic mass is 9.80. The van der Waals surface area contributed by atoms with Gasteiger partial charge in [-0.3, -0.25) is 0 Å². The number of pyridine rings is 1. The number of aromatic nitrogens is 3. The predicted octanol–water partition coefficient (Wildman–Crippen LogP) is 12.7. The van der Waals surface area contributed by atoms with Crippen LogP contribution in [0, 0.1) is 0 Å². The second-order valence-electron chi connectivity index (χ2n) is 19.6. The largest absolute Gasteiger partial charge is 0.499 e. The number of nitrogens with zero attached hydrogens (tertiary/aromatic N) is 3.